The number of nitrogens with two attached hydrogens (primary N) is 1. The standard InChI is InChI=1S/C19H18N2O2/c1-13-9-10-18(22-13)17-11-19(20)23-21(17)12-15-7-4-6-14-5-2-3-8-16(14)15/h2-11,17H,12,20H2,1H3. The summed E-state index contributed by atoms with van der Waals surface area (Å²) in [5, 5.41) is 4.30. The molecule has 0 saturated carbocycles. The quantitative estimate of drug-likeness (QED) is 0.793. The number of hydrogen-bond donors (Lipinski definition) is 1. The summed E-state index contributed by atoms with van der Waals surface area (Å²) < 4.78 is 5.75. The van der Waals surface area contributed by atoms with Crippen molar-refractivity contribution in [3.63, 3.8) is 0 Å². The number of benzene rings is 2. The van der Waals surface area contributed by atoms with Crippen LogP contribution in [0.15, 0.2) is 71.0 Å². The van der Waals surface area contributed by atoms with Gasteiger partial charge in [-0.05, 0) is 35.4 Å². The third kappa shape index (κ3) is 2.58. The van der Waals surface area contributed by atoms with Gasteiger partial charge in [-0.3, -0.25) is 0 Å². The zero-order valence-corrected chi connectivity index (χ0v) is 12.9. The second kappa shape index (κ2) is 5.48. The number of hydroxylamine groups is 2. The summed E-state index contributed by atoms with van der Waals surface area (Å²) in [4.78, 5) is 5.70. The van der Waals surface area contributed by atoms with Crippen LogP contribution >= 0.6 is 0 Å². The lowest BCUT2D eigenvalue weighted by molar-refractivity contribution is -0.131. The summed E-state index contributed by atoms with van der Waals surface area (Å²) in [6, 6.07) is 18.5. The van der Waals surface area contributed by atoms with Crippen molar-refractivity contribution < 1.29 is 9.25 Å². The Balaban J connectivity index is 1.67. The molecule has 1 aliphatic heterocycles. The van der Waals surface area contributed by atoms with Gasteiger partial charge in [0.25, 0.3) is 0 Å². The fourth-order valence-electron chi connectivity index (χ4n) is 3.03. The van der Waals surface area contributed by atoms with Gasteiger partial charge < -0.3 is 15.0 Å². The van der Waals surface area contributed by atoms with Crippen molar-refractivity contribution >= 4 is 10.8 Å². The average molecular weight is 306 g/mol. The lowest BCUT2D eigenvalue weighted by Crippen LogP contribution is -2.23. The van der Waals surface area contributed by atoms with Crippen molar-refractivity contribution in [2.24, 2.45) is 5.73 Å². The van der Waals surface area contributed by atoms with E-state index in [0.717, 1.165) is 11.5 Å². The molecule has 2 N–H and O–H groups in total. The summed E-state index contributed by atoms with van der Waals surface area (Å²) in [6.07, 6.45) is 1.88. The largest absolute Gasteiger partial charge is 0.464 e. The summed E-state index contributed by atoms with van der Waals surface area (Å²) in [5.41, 5.74) is 7.08. The molecule has 4 heteroatoms. The summed E-state index contributed by atoms with van der Waals surface area (Å²) in [6.45, 7) is 2.56. The minimum atomic E-state index is -0.109. The van der Waals surface area contributed by atoms with Gasteiger partial charge in [0, 0.05) is 6.08 Å². The third-order valence-electron chi connectivity index (χ3n) is 4.11. The van der Waals surface area contributed by atoms with E-state index < -0.39 is 0 Å². The van der Waals surface area contributed by atoms with Crippen LogP contribution in [0, 0.1) is 6.92 Å². The monoisotopic (exact) mass is 306 g/mol. The predicted octanol–water partition coefficient (Wildman–Crippen LogP) is 4.03. The smallest absolute Gasteiger partial charge is 0.207 e. The van der Waals surface area contributed by atoms with E-state index in [2.05, 4.69) is 36.4 Å². The number of hydrogen-bond acceptors (Lipinski definition) is 4. The first-order valence-corrected chi connectivity index (χ1v) is 7.65. The molecule has 3 aromatic rings. The second-order valence-electron chi connectivity index (χ2n) is 5.77. The van der Waals surface area contributed by atoms with Crippen molar-refractivity contribution in [2.45, 2.75) is 19.5 Å². The molecule has 4 nitrogen and oxygen atoms in total. The topological polar surface area (TPSA) is 51.6 Å². The molecule has 0 amide bonds. The number of fused-ring (bicyclic) bond motifs is 1. The van der Waals surface area contributed by atoms with Gasteiger partial charge in [0.1, 0.15) is 17.6 Å². The van der Waals surface area contributed by atoms with Crippen molar-refractivity contribution in [3.05, 3.63) is 83.6 Å². The first-order chi connectivity index (χ1) is 11.2. The van der Waals surface area contributed by atoms with Crippen molar-refractivity contribution in [1.82, 2.24) is 5.06 Å². The van der Waals surface area contributed by atoms with Crippen LogP contribution in [-0.2, 0) is 11.4 Å². The van der Waals surface area contributed by atoms with Crippen LogP contribution in [0.2, 0.25) is 0 Å². The van der Waals surface area contributed by atoms with E-state index in [9.17, 15) is 0 Å². The van der Waals surface area contributed by atoms with Crippen LogP contribution < -0.4 is 5.73 Å². The Labute approximate surface area is 134 Å². The molecule has 1 atom stereocenters. The summed E-state index contributed by atoms with van der Waals surface area (Å²) >= 11 is 0. The lowest BCUT2D eigenvalue weighted by atomic mass is 10.0. The molecule has 2 aromatic carbocycles. The summed E-state index contributed by atoms with van der Waals surface area (Å²) in [7, 11) is 0. The van der Waals surface area contributed by atoms with Gasteiger partial charge in [0.15, 0.2) is 0 Å². The number of rotatable bonds is 3. The zero-order chi connectivity index (χ0) is 15.8. The van der Waals surface area contributed by atoms with Crippen molar-refractivity contribution in [1.29, 1.82) is 0 Å². The first-order valence-electron chi connectivity index (χ1n) is 7.65. The summed E-state index contributed by atoms with van der Waals surface area (Å²) in [5.74, 6) is 2.12. The number of furan rings is 1. The average Bonchev–Trinajstić information content (AvgIpc) is 3.13. The van der Waals surface area contributed by atoms with E-state index in [4.69, 9.17) is 15.0 Å². The van der Waals surface area contributed by atoms with Crippen LogP contribution in [0.3, 0.4) is 0 Å². The highest BCUT2D eigenvalue weighted by molar-refractivity contribution is 5.85. The second-order valence-corrected chi connectivity index (χ2v) is 5.77. The van der Waals surface area contributed by atoms with E-state index in [1.807, 2.05) is 36.3 Å². The molecular formula is C19H18N2O2. The molecule has 116 valence electrons. The number of aryl methyl sites for hydroxylation is 1. The van der Waals surface area contributed by atoms with Gasteiger partial charge >= 0.3 is 0 Å². The Morgan fingerprint density at radius 3 is 2.70 bits per heavy atom. The molecule has 0 radical (unpaired) electrons. The molecular weight excluding hydrogens is 288 g/mol. The molecule has 0 spiro atoms. The highest BCUT2D eigenvalue weighted by atomic mass is 16.7. The van der Waals surface area contributed by atoms with Crippen molar-refractivity contribution in [2.75, 3.05) is 0 Å². The van der Waals surface area contributed by atoms with Gasteiger partial charge in [-0.15, -0.1) is 5.06 Å². The molecule has 0 fully saturated rings. The van der Waals surface area contributed by atoms with Crippen molar-refractivity contribution in [3.8, 4) is 0 Å². The van der Waals surface area contributed by atoms with E-state index >= 15 is 0 Å². The molecule has 0 bridgehead atoms. The fourth-order valence-corrected chi connectivity index (χ4v) is 3.03. The lowest BCUT2D eigenvalue weighted by Gasteiger charge is -2.22. The zero-order valence-electron chi connectivity index (χ0n) is 12.9. The molecule has 0 aliphatic carbocycles. The Morgan fingerprint density at radius 2 is 1.87 bits per heavy atom. The SMILES string of the molecule is Cc1ccc(C2C=C(N)ON2Cc2cccc3ccccc23)o1. The molecule has 23 heavy (non-hydrogen) atoms. The maximum absolute atomic E-state index is 5.88. The van der Waals surface area contributed by atoms with Crippen LogP contribution in [0.5, 0.6) is 0 Å². The van der Waals surface area contributed by atoms with Crippen LogP contribution in [0.25, 0.3) is 10.8 Å². The highest BCUT2D eigenvalue weighted by Gasteiger charge is 2.30. The van der Waals surface area contributed by atoms with Crippen LogP contribution in [0.1, 0.15) is 23.1 Å². The Kier molecular flexibility index (Phi) is 3.32. The van der Waals surface area contributed by atoms with Gasteiger partial charge in [-0.1, -0.05) is 42.5 Å². The Bertz CT molecular complexity index is 876. The predicted molar refractivity (Wildman–Crippen MR) is 89.0 cm³/mol. The van der Waals surface area contributed by atoms with E-state index in [0.29, 0.717) is 12.4 Å². The Morgan fingerprint density at radius 1 is 1.04 bits per heavy atom. The van der Waals surface area contributed by atoms with Gasteiger partial charge in [-0.25, -0.2) is 0 Å². The van der Waals surface area contributed by atoms with E-state index in [1.165, 1.54) is 16.3 Å². The molecule has 1 aromatic heterocycles. The first kappa shape index (κ1) is 13.9. The van der Waals surface area contributed by atoms with Crippen LogP contribution in [-0.4, -0.2) is 5.06 Å². The molecule has 1 aliphatic rings. The maximum atomic E-state index is 5.88. The van der Waals surface area contributed by atoms with Gasteiger partial charge in [0.05, 0.1) is 6.54 Å². The Hall–Kier alpha value is -2.72. The minimum Gasteiger partial charge on any atom is -0.464 e. The van der Waals surface area contributed by atoms with Gasteiger partial charge in [0.2, 0.25) is 5.88 Å². The molecule has 4 rings (SSSR count). The highest BCUT2D eigenvalue weighted by Crippen LogP contribution is 2.33. The normalized spacial score (nSPS) is 18.1. The van der Waals surface area contributed by atoms with Crippen LogP contribution in [0.4, 0.5) is 0 Å². The molecule has 2 heterocycles. The van der Waals surface area contributed by atoms with Gasteiger partial charge in [-0.2, -0.15) is 0 Å². The third-order valence-corrected chi connectivity index (χ3v) is 4.11. The van der Waals surface area contributed by atoms with E-state index in [1.54, 1.807) is 0 Å². The molecule has 0 saturated heterocycles. The maximum Gasteiger partial charge on any atom is 0.207 e. The molecule has 1 unspecified atom stereocenters. The van der Waals surface area contributed by atoms with E-state index in [-0.39, 0.29) is 6.04 Å². The fraction of sp³-hybridized carbons (Fsp3) is 0.158. The number of nitrogens with zero attached hydrogens (tertiary/aromatic N) is 1. The minimum absolute atomic E-state index is 0.109.